The van der Waals surface area contributed by atoms with Crippen LogP contribution in [0.3, 0.4) is 0 Å². The average molecular weight is 481 g/mol. The number of aromatic nitrogens is 2. The Morgan fingerprint density at radius 2 is 1.94 bits per heavy atom. The molecule has 0 spiro atoms. The van der Waals surface area contributed by atoms with Crippen LogP contribution in [0.25, 0.3) is 0 Å². The molecule has 4 rings (SSSR count). The van der Waals surface area contributed by atoms with E-state index in [0.29, 0.717) is 28.8 Å². The molecule has 0 aliphatic rings. The Labute approximate surface area is 200 Å². The number of para-hydroxylation sites is 1. The zero-order valence-electron chi connectivity index (χ0n) is 18.7. The van der Waals surface area contributed by atoms with E-state index in [4.69, 9.17) is 20.8 Å². The first-order valence-corrected chi connectivity index (χ1v) is 10.7. The molecule has 9 nitrogen and oxygen atoms in total. The largest absolute Gasteiger partial charge is 0.457 e. The third kappa shape index (κ3) is 4.94. The van der Waals surface area contributed by atoms with Crippen molar-refractivity contribution in [1.82, 2.24) is 9.78 Å². The summed E-state index contributed by atoms with van der Waals surface area (Å²) in [6, 6.07) is 14.5. The number of aryl methyl sites for hydroxylation is 2. The number of carbonyl (C=O) groups excluding carboxylic acids is 1. The van der Waals surface area contributed by atoms with E-state index in [0.717, 1.165) is 11.3 Å². The van der Waals surface area contributed by atoms with Gasteiger partial charge in [0.2, 0.25) is 0 Å². The number of hydrogen-bond donors (Lipinski definition) is 1. The molecule has 2 heterocycles. The van der Waals surface area contributed by atoms with Crippen molar-refractivity contribution < 1.29 is 18.9 Å². The molecule has 1 N–H and O–H groups in total. The number of nitrogens with zero attached hydrogens (tertiary/aromatic N) is 3. The third-order valence-electron chi connectivity index (χ3n) is 5.17. The number of benzene rings is 2. The van der Waals surface area contributed by atoms with Crippen molar-refractivity contribution in [2.45, 2.75) is 27.3 Å². The van der Waals surface area contributed by atoms with E-state index in [2.05, 4.69) is 10.4 Å². The lowest BCUT2D eigenvalue weighted by Gasteiger charge is -2.10. The Morgan fingerprint density at radius 1 is 1.18 bits per heavy atom. The van der Waals surface area contributed by atoms with Crippen molar-refractivity contribution in [2.75, 3.05) is 5.32 Å². The Hall–Kier alpha value is -4.11. The summed E-state index contributed by atoms with van der Waals surface area (Å²) in [6.07, 6.45) is 0. The highest BCUT2D eigenvalue weighted by Crippen LogP contribution is 2.31. The molecule has 0 bridgehead atoms. The van der Waals surface area contributed by atoms with Crippen molar-refractivity contribution >= 4 is 28.9 Å². The summed E-state index contributed by atoms with van der Waals surface area (Å²) >= 11 is 6.18. The minimum atomic E-state index is -0.556. The zero-order chi connectivity index (χ0) is 24.4. The molecule has 2 aromatic carbocycles. The van der Waals surface area contributed by atoms with E-state index in [9.17, 15) is 14.9 Å². The molecule has 0 saturated heterocycles. The first-order chi connectivity index (χ1) is 16.2. The van der Waals surface area contributed by atoms with E-state index in [1.54, 1.807) is 22.9 Å². The molecule has 1 amide bonds. The second kappa shape index (κ2) is 9.40. The van der Waals surface area contributed by atoms with Crippen LogP contribution >= 0.6 is 11.6 Å². The number of hydrogen-bond acceptors (Lipinski definition) is 6. The monoisotopic (exact) mass is 480 g/mol. The highest BCUT2D eigenvalue weighted by Gasteiger charge is 2.17. The van der Waals surface area contributed by atoms with Gasteiger partial charge in [0.15, 0.2) is 5.76 Å². The summed E-state index contributed by atoms with van der Waals surface area (Å²) in [4.78, 5) is 23.6. The fourth-order valence-electron chi connectivity index (χ4n) is 3.37. The summed E-state index contributed by atoms with van der Waals surface area (Å²) in [6.45, 7) is 5.82. The van der Waals surface area contributed by atoms with Gasteiger partial charge in [-0.3, -0.25) is 19.6 Å². The Morgan fingerprint density at radius 3 is 2.62 bits per heavy atom. The van der Waals surface area contributed by atoms with Gasteiger partial charge in [-0.25, -0.2) is 0 Å². The lowest BCUT2D eigenvalue weighted by atomic mass is 10.2. The summed E-state index contributed by atoms with van der Waals surface area (Å²) in [5.74, 6) is 0.783. The number of halogens is 1. The topological polar surface area (TPSA) is 112 Å². The van der Waals surface area contributed by atoms with Crippen LogP contribution in [-0.2, 0) is 6.54 Å². The number of nitro benzene ring substituents is 1. The predicted molar refractivity (Wildman–Crippen MR) is 127 cm³/mol. The number of nitro groups is 1. The summed E-state index contributed by atoms with van der Waals surface area (Å²) < 4.78 is 13.2. The average Bonchev–Trinajstić information content (AvgIpc) is 3.36. The third-order valence-corrected chi connectivity index (χ3v) is 5.71. The van der Waals surface area contributed by atoms with Crippen molar-refractivity contribution in [3.05, 3.63) is 98.2 Å². The highest BCUT2D eigenvalue weighted by atomic mass is 35.5. The molecule has 0 aliphatic carbocycles. The van der Waals surface area contributed by atoms with Crippen LogP contribution in [0.2, 0.25) is 5.02 Å². The van der Waals surface area contributed by atoms with Gasteiger partial charge in [0.25, 0.3) is 11.6 Å². The van der Waals surface area contributed by atoms with Crippen LogP contribution in [0.15, 0.2) is 59.0 Å². The minimum Gasteiger partial charge on any atom is -0.457 e. The number of rotatable bonds is 7. The number of amides is 1. The number of carbonyl (C=O) groups is 1. The van der Waals surface area contributed by atoms with Gasteiger partial charge in [-0.1, -0.05) is 29.8 Å². The summed E-state index contributed by atoms with van der Waals surface area (Å²) in [5.41, 5.74) is 2.35. The Kier molecular flexibility index (Phi) is 6.38. The first kappa shape index (κ1) is 23.1. The Bertz CT molecular complexity index is 1390. The number of nitrogens with one attached hydrogen (secondary N) is 1. The smallest absolute Gasteiger partial charge is 0.291 e. The van der Waals surface area contributed by atoms with Crippen LogP contribution < -0.4 is 10.1 Å². The molecular weight excluding hydrogens is 460 g/mol. The van der Waals surface area contributed by atoms with Crippen LogP contribution in [0.4, 0.5) is 11.4 Å². The maximum absolute atomic E-state index is 12.8. The van der Waals surface area contributed by atoms with E-state index < -0.39 is 10.8 Å². The lowest BCUT2D eigenvalue weighted by Crippen LogP contribution is -2.11. The maximum Gasteiger partial charge on any atom is 0.291 e. The molecule has 0 fully saturated rings. The van der Waals surface area contributed by atoms with E-state index in [1.807, 2.05) is 32.9 Å². The molecule has 174 valence electrons. The molecule has 0 saturated carbocycles. The summed E-state index contributed by atoms with van der Waals surface area (Å²) in [7, 11) is 0. The molecule has 0 radical (unpaired) electrons. The standard InChI is InChI=1S/C24H21ClN4O5/c1-14-6-4-5-7-21(14)34-20-11-17(10-18(12-20)29(31)32)26-24(30)22-9-8-19(33-22)13-28-16(3)23(25)15(2)27-28/h4-12H,13H2,1-3H3,(H,26,30). The van der Waals surface area contributed by atoms with Crippen LogP contribution in [-0.4, -0.2) is 20.6 Å². The van der Waals surface area contributed by atoms with Crippen molar-refractivity contribution in [1.29, 1.82) is 0 Å². The van der Waals surface area contributed by atoms with Gasteiger partial charge in [0, 0.05) is 12.1 Å². The SMILES string of the molecule is Cc1ccccc1Oc1cc(NC(=O)c2ccc(Cn3nc(C)c(Cl)c3C)o2)cc([N+](=O)[O-])c1. The van der Waals surface area contributed by atoms with Gasteiger partial charge in [-0.05, 0) is 44.5 Å². The lowest BCUT2D eigenvalue weighted by molar-refractivity contribution is -0.384. The number of furan rings is 1. The van der Waals surface area contributed by atoms with Gasteiger partial charge in [-0.2, -0.15) is 5.10 Å². The fraction of sp³-hybridized carbons (Fsp3) is 0.167. The molecule has 0 aliphatic heterocycles. The highest BCUT2D eigenvalue weighted by molar-refractivity contribution is 6.31. The molecule has 0 atom stereocenters. The molecule has 4 aromatic rings. The van der Waals surface area contributed by atoms with Gasteiger partial charge in [-0.15, -0.1) is 0 Å². The zero-order valence-corrected chi connectivity index (χ0v) is 19.4. The van der Waals surface area contributed by atoms with Crippen LogP contribution in [0.5, 0.6) is 11.5 Å². The van der Waals surface area contributed by atoms with Crippen LogP contribution in [0, 0.1) is 30.9 Å². The fourth-order valence-corrected chi connectivity index (χ4v) is 3.51. The van der Waals surface area contributed by atoms with Crippen molar-refractivity contribution in [2.24, 2.45) is 0 Å². The second-order valence-corrected chi connectivity index (χ2v) is 8.08. The van der Waals surface area contributed by atoms with Gasteiger partial charge >= 0.3 is 0 Å². The molecule has 10 heteroatoms. The molecule has 2 aromatic heterocycles. The summed E-state index contributed by atoms with van der Waals surface area (Å²) in [5, 5.41) is 19.0. The number of ether oxygens (including phenoxy) is 1. The van der Waals surface area contributed by atoms with Crippen molar-refractivity contribution in [3.63, 3.8) is 0 Å². The molecule has 0 unspecified atom stereocenters. The predicted octanol–water partition coefficient (Wildman–Crippen LogP) is 6.06. The van der Waals surface area contributed by atoms with E-state index >= 15 is 0 Å². The molecular formula is C24H21ClN4O5. The van der Waals surface area contributed by atoms with Gasteiger partial charge in [0.1, 0.15) is 17.3 Å². The maximum atomic E-state index is 12.8. The van der Waals surface area contributed by atoms with Gasteiger partial charge in [0.05, 0.1) is 39.6 Å². The normalized spacial score (nSPS) is 10.8. The number of anilines is 1. The van der Waals surface area contributed by atoms with Crippen molar-refractivity contribution in [3.8, 4) is 11.5 Å². The van der Waals surface area contributed by atoms with E-state index in [-0.39, 0.29) is 22.9 Å². The van der Waals surface area contributed by atoms with Gasteiger partial charge < -0.3 is 14.5 Å². The quantitative estimate of drug-likeness (QED) is 0.254. The first-order valence-electron chi connectivity index (χ1n) is 10.3. The number of non-ortho nitro benzene ring substituents is 1. The van der Waals surface area contributed by atoms with E-state index in [1.165, 1.54) is 24.3 Å². The van der Waals surface area contributed by atoms with Crippen LogP contribution in [0.1, 0.15) is 33.3 Å². The Balaban J connectivity index is 1.53. The second-order valence-electron chi connectivity index (χ2n) is 7.70. The molecule has 34 heavy (non-hydrogen) atoms. The minimum absolute atomic E-state index is 0.0514.